The van der Waals surface area contributed by atoms with E-state index >= 15 is 0 Å². The van der Waals surface area contributed by atoms with Crippen LogP contribution in [0.1, 0.15) is 56.0 Å². The Morgan fingerprint density at radius 1 is 1.35 bits per heavy atom. The van der Waals surface area contributed by atoms with Crippen LogP contribution in [0.25, 0.3) is 10.2 Å². The van der Waals surface area contributed by atoms with Gasteiger partial charge in [0.25, 0.3) is 5.56 Å². The summed E-state index contributed by atoms with van der Waals surface area (Å²) in [7, 11) is 0. The first-order valence-electron chi connectivity index (χ1n) is 8.15. The number of aryl methyl sites for hydroxylation is 2. The molecule has 6 heteroatoms. The van der Waals surface area contributed by atoms with Crippen molar-refractivity contribution in [1.29, 1.82) is 0 Å². The number of fused-ring (bicyclic) bond motifs is 1. The van der Waals surface area contributed by atoms with E-state index in [1.807, 2.05) is 18.4 Å². The van der Waals surface area contributed by atoms with Crippen molar-refractivity contribution >= 4 is 33.3 Å². The molecule has 1 saturated carbocycles. The van der Waals surface area contributed by atoms with Gasteiger partial charge in [0.15, 0.2) is 5.16 Å². The third kappa shape index (κ3) is 3.35. The third-order valence-electron chi connectivity index (χ3n) is 4.45. The lowest BCUT2D eigenvalue weighted by molar-refractivity contribution is 0.107. The van der Waals surface area contributed by atoms with E-state index in [4.69, 9.17) is 4.98 Å². The van der Waals surface area contributed by atoms with Crippen LogP contribution in [0.2, 0.25) is 0 Å². The maximum absolute atomic E-state index is 13.1. The first kappa shape index (κ1) is 17.0. The largest absolute Gasteiger partial charge is 0.390 e. The van der Waals surface area contributed by atoms with Gasteiger partial charge in [0.1, 0.15) is 4.83 Å². The normalized spacial score (nSPS) is 16.6. The molecule has 0 unspecified atom stereocenters. The van der Waals surface area contributed by atoms with Crippen molar-refractivity contribution in [1.82, 2.24) is 9.55 Å². The number of aromatic nitrogens is 2. The molecule has 0 bridgehead atoms. The van der Waals surface area contributed by atoms with Gasteiger partial charge in [-0.25, -0.2) is 4.98 Å². The quantitative estimate of drug-likeness (QED) is 0.666. The van der Waals surface area contributed by atoms with E-state index in [1.54, 1.807) is 25.2 Å². The van der Waals surface area contributed by atoms with Crippen LogP contribution in [-0.4, -0.2) is 26.0 Å². The number of thioether (sulfide) groups is 1. The predicted octanol–water partition coefficient (Wildman–Crippen LogP) is 4.05. The fourth-order valence-electron chi connectivity index (χ4n) is 3.12. The van der Waals surface area contributed by atoms with Gasteiger partial charge >= 0.3 is 0 Å². The summed E-state index contributed by atoms with van der Waals surface area (Å²) in [5.41, 5.74) is 0.384. The Morgan fingerprint density at radius 3 is 2.61 bits per heavy atom. The van der Waals surface area contributed by atoms with Crippen molar-refractivity contribution in [2.75, 3.05) is 5.75 Å². The summed E-state index contributed by atoms with van der Waals surface area (Å²) in [4.78, 5) is 19.9. The fraction of sp³-hybridized carbons (Fsp3) is 0.647. The zero-order valence-corrected chi connectivity index (χ0v) is 15.8. The number of nitrogens with zero attached hydrogens (tertiary/aromatic N) is 2. The lowest BCUT2D eigenvalue weighted by atomic mass is 10.2. The number of hydrogen-bond acceptors (Lipinski definition) is 5. The highest BCUT2D eigenvalue weighted by Gasteiger charge is 2.26. The molecule has 2 heterocycles. The van der Waals surface area contributed by atoms with Crippen LogP contribution in [0.15, 0.2) is 9.95 Å². The molecule has 1 aliphatic carbocycles. The summed E-state index contributed by atoms with van der Waals surface area (Å²) < 4.78 is 1.91. The van der Waals surface area contributed by atoms with Crippen LogP contribution in [0.4, 0.5) is 0 Å². The van der Waals surface area contributed by atoms with Crippen LogP contribution in [-0.2, 0) is 0 Å². The zero-order valence-electron chi connectivity index (χ0n) is 14.2. The maximum Gasteiger partial charge on any atom is 0.263 e. The molecule has 1 fully saturated rings. The SMILES string of the molecule is Cc1sc2nc(SCC(C)(C)O)n(C3CCCC3)c(=O)c2c1C. The van der Waals surface area contributed by atoms with Crippen molar-refractivity contribution < 1.29 is 5.11 Å². The van der Waals surface area contributed by atoms with Gasteiger partial charge in [-0.3, -0.25) is 9.36 Å². The Labute approximate surface area is 144 Å². The minimum Gasteiger partial charge on any atom is -0.390 e. The summed E-state index contributed by atoms with van der Waals surface area (Å²) in [5, 5.41) is 11.6. The van der Waals surface area contributed by atoms with Crippen molar-refractivity contribution in [2.24, 2.45) is 0 Å². The van der Waals surface area contributed by atoms with Gasteiger partial charge in [-0.2, -0.15) is 0 Å². The van der Waals surface area contributed by atoms with E-state index < -0.39 is 5.60 Å². The Morgan fingerprint density at radius 2 is 2.00 bits per heavy atom. The van der Waals surface area contributed by atoms with Crippen LogP contribution >= 0.6 is 23.1 Å². The van der Waals surface area contributed by atoms with E-state index in [0.717, 1.165) is 38.7 Å². The van der Waals surface area contributed by atoms with E-state index in [-0.39, 0.29) is 11.6 Å². The third-order valence-corrected chi connectivity index (χ3v) is 6.95. The average molecular weight is 353 g/mol. The van der Waals surface area contributed by atoms with E-state index in [1.165, 1.54) is 24.6 Å². The highest BCUT2D eigenvalue weighted by Crippen LogP contribution is 2.35. The maximum atomic E-state index is 13.1. The van der Waals surface area contributed by atoms with Gasteiger partial charge < -0.3 is 5.11 Å². The Balaban J connectivity index is 2.15. The molecule has 2 aromatic rings. The van der Waals surface area contributed by atoms with E-state index in [0.29, 0.717) is 5.75 Å². The molecule has 0 radical (unpaired) electrons. The molecular formula is C17H24N2O2S2. The first-order valence-corrected chi connectivity index (χ1v) is 9.95. The van der Waals surface area contributed by atoms with Gasteiger partial charge in [-0.05, 0) is 46.1 Å². The molecule has 3 rings (SSSR count). The molecule has 2 aromatic heterocycles. The van der Waals surface area contributed by atoms with Crippen LogP contribution in [0.5, 0.6) is 0 Å². The van der Waals surface area contributed by atoms with Crippen LogP contribution in [0, 0.1) is 13.8 Å². The number of aliphatic hydroxyl groups is 1. The summed E-state index contributed by atoms with van der Waals surface area (Å²) in [6.07, 6.45) is 4.44. The second-order valence-corrected chi connectivity index (χ2v) is 9.22. The minimum absolute atomic E-state index is 0.0991. The molecule has 1 N–H and O–H groups in total. The molecule has 4 nitrogen and oxygen atoms in total. The van der Waals surface area contributed by atoms with E-state index in [2.05, 4.69) is 0 Å². The number of rotatable bonds is 4. The van der Waals surface area contributed by atoms with Gasteiger partial charge in [0.05, 0.1) is 11.0 Å². The van der Waals surface area contributed by atoms with Crippen molar-refractivity contribution in [3.63, 3.8) is 0 Å². The number of hydrogen-bond donors (Lipinski definition) is 1. The molecule has 0 aromatic carbocycles. The smallest absolute Gasteiger partial charge is 0.263 e. The van der Waals surface area contributed by atoms with Crippen molar-refractivity contribution in [3.8, 4) is 0 Å². The minimum atomic E-state index is -0.779. The molecule has 126 valence electrons. The molecule has 0 atom stereocenters. The Hall–Kier alpha value is -0.850. The summed E-state index contributed by atoms with van der Waals surface area (Å²) in [5.74, 6) is 0.529. The second kappa shape index (κ2) is 6.22. The van der Waals surface area contributed by atoms with Crippen LogP contribution < -0.4 is 5.56 Å². The molecule has 0 spiro atoms. The van der Waals surface area contributed by atoms with Crippen LogP contribution in [0.3, 0.4) is 0 Å². The van der Waals surface area contributed by atoms with Gasteiger partial charge in [0, 0.05) is 16.7 Å². The standard InChI is InChI=1S/C17H24N2O2S2/c1-10-11(2)23-14-13(10)15(20)19(12-7-5-6-8-12)16(18-14)22-9-17(3,4)21/h12,21H,5-9H2,1-4H3. The molecule has 0 aliphatic heterocycles. The first-order chi connectivity index (χ1) is 10.8. The van der Waals surface area contributed by atoms with E-state index in [9.17, 15) is 9.90 Å². The fourth-order valence-corrected chi connectivity index (χ4v) is 5.20. The lowest BCUT2D eigenvalue weighted by Crippen LogP contribution is -2.28. The van der Waals surface area contributed by atoms with Crippen molar-refractivity contribution in [3.05, 3.63) is 20.8 Å². The summed E-state index contributed by atoms with van der Waals surface area (Å²) in [6, 6.07) is 0.253. The average Bonchev–Trinajstić information content (AvgIpc) is 3.05. The Kier molecular flexibility index (Phi) is 4.60. The molecular weight excluding hydrogens is 328 g/mol. The predicted molar refractivity (Wildman–Crippen MR) is 97.9 cm³/mol. The topological polar surface area (TPSA) is 55.1 Å². The van der Waals surface area contributed by atoms with Gasteiger partial charge in [-0.1, -0.05) is 24.6 Å². The highest BCUT2D eigenvalue weighted by molar-refractivity contribution is 7.99. The highest BCUT2D eigenvalue weighted by atomic mass is 32.2. The van der Waals surface area contributed by atoms with Crippen molar-refractivity contribution in [2.45, 2.75) is 70.2 Å². The Bertz CT molecular complexity index is 780. The molecule has 0 amide bonds. The summed E-state index contributed by atoms with van der Waals surface area (Å²) in [6.45, 7) is 7.64. The molecule has 1 aliphatic rings. The van der Waals surface area contributed by atoms with Gasteiger partial charge in [-0.15, -0.1) is 11.3 Å². The molecule has 0 saturated heterocycles. The van der Waals surface area contributed by atoms with Gasteiger partial charge in [0.2, 0.25) is 0 Å². The molecule has 23 heavy (non-hydrogen) atoms. The monoisotopic (exact) mass is 352 g/mol. The second-order valence-electron chi connectivity index (χ2n) is 7.07. The lowest BCUT2D eigenvalue weighted by Gasteiger charge is -2.21. The zero-order chi connectivity index (χ0) is 16.8. The number of thiophene rings is 1. The summed E-state index contributed by atoms with van der Waals surface area (Å²) >= 11 is 3.08.